The Labute approximate surface area is 118 Å². The second kappa shape index (κ2) is 5.20. The number of rotatable bonds is 3. The number of carbonyl (C=O) groups excluding carboxylic acids is 1. The molecule has 2 atom stereocenters. The van der Waals surface area contributed by atoms with Crippen molar-refractivity contribution in [2.75, 3.05) is 0 Å². The first kappa shape index (κ1) is 13.9. The van der Waals surface area contributed by atoms with E-state index >= 15 is 0 Å². The van der Waals surface area contributed by atoms with Crippen LogP contribution in [0, 0.1) is 11.3 Å². The number of hydrogen-bond donors (Lipinski definition) is 0. The van der Waals surface area contributed by atoms with Crippen molar-refractivity contribution in [3.63, 3.8) is 0 Å². The van der Waals surface area contributed by atoms with Gasteiger partial charge in [-0.2, -0.15) is 0 Å². The molecule has 0 aromatic rings. The summed E-state index contributed by atoms with van der Waals surface area (Å²) in [5.74, 6) is 1.60. The van der Waals surface area contributed by atoms with Crippen molar-refractivity contribution in [1.29, 1.82) is 0 Å². The van der Waals surface area contributed by atoms with E-state index in [-0.39, 0.29) is 17.3 Å². The monoisotopic (exact) mass is 312 g/mol. The van der Waals surface area contributed by atoms with E-state index < -0.39 is 0 Å². The molecule has 2 nitrogen and oxygen atoms in total. The lowest BCUT2D eigenvalue weighted by Crippen LogP contribution is -2.39. The Balaban J connectivity index is 2.26. The number of fused-ring (bicyclic) bond motifs is 1. The lowest BCUT2D eigenvalue weighted by Gasteiger charge is -2.45. The van der Waals surface area contributed by atoms with Crippen molar-refractivity contribution in [3.8, 4) is 0 Å². The first-order chi connectivity index (χ1) is 8.43. The summed E-state index contributed by atoms with van der Waals surface area (Å²) in [6.45, 7) is 8.30. The van der Waals surface area contributed by atoms with E-state index in [1.165, 1.54) is 0 Å². The van der Waals surface area contributed by atoms with Crippen molar-refractivity contribution in [2.45, 2.75) is 52.1 Å². The maximum Gasteiger partial charge on any atom is 0.159 e. The average Bonchev–Trinajstić information content (AvgIpc) is 2.28. The van der Waals surface area contributed by atoms with Crippen LogP contribution in [0.15, 0.2) is 22.9 Å². The maximum absolute atomic E-state index is 11.6. The largest absolute Gasteiger partial charge is 0.494 e. The van der Waals surface area contributed by atoms with Gasteiger partial charge in [0.25, 0.3) is 0 Å². The summed E-state index contributed by atoms with van der Waals surface area (Å²) < 4.78 is 7.10. The minimum Gasteiger partial charge on any atom is -0.494 e. The molecule has 1 aliphatic heterocycles. The smallest absolute Gasteiger partial charge is 0.159 e. The van der Waals surface area contributed by atoms with Crippen LogP contribution in [0.2, 0.25) is 0 Å². The van der Waals surface area contributed by atoms with Crippen LogP contribution in [0.4, 0.5) is 0 Å². The Kier molecular flexibility index (Phi) is 4.00. The van der Waals surface area contributed by atoms with Crippen LogP contribution in [0.3, 0.4) is 0 Å². The summed E-state index contributed by atoms with van der Waals surface area (Å²) in [5, 5.41) is 0. The molecule has 0 unspecified atom stereocenters. The van der Waals surface area contributed by atoms with Crippen LogP contribution in [0.25, 0.3) is 0 Å². The fourth-order valence-electron chi connectivity index (χ4n) is 3.01. The Morgan fingerprint density at radius 3 is 2.94 bits per heavy atom. The highest BCUT2D eigenvalue weighted by atomic mass is 79.9. The third-order valence-corrected chi connectivity index (χ3v) is 4.40. The lowest BCUT2D eigenvalue weighted by molar-refractivity contribution is -0.118. The number of allylic oxidation sites excluding steroid dienone is 3. The van der Waals surface area contributed by atoms with Crippen molar-refractivity contribution >= 4 is 21.7 Å². The summed E-state index contributed by atoms with van der Waals surface area (Å²) in [6.07, 6.45) is 6.56. The molecule has 0 bridgehead atoms. The van der Waals surface area contributed by atoms with E-state index in [0.717, 1.165) is 35.9 Å². The summed E-state index contributed by atoms with van der Waals surface area (Å²) in [4.78, 5) is 11.6. The Hall–Kier alpha value is -0.570. The van der Waals surface area contributed by atoms with Gasteiger partial charge in [0.05, 0.1) is 0 Å². The van der Waals surface area contributed by atoms with Gasteiger partial charge in [-0.25, -0.2) is 0 Å². The fourth-order valence-corrected chi connectivity index (χ4v) is 3.54. The van der Waals surface area contributed by atoms with E-state index in [9.17, 15) is 4.79 Å². The molecule has 0 spiro atoms. The van der Waals surface area contributed by atoms with Crippen molar-refractivity contribution in [2.24, 2.45) is 11.3 Å². The van der Waals surface area contributed by atoms with Gasteiger partial charge in [-0.15, -0.1) is 0 Å². The Morgan fingerprint density at radius 1 is 1.61 bits per heavy atom. The van der Waals surface area contributed by atoms with Crippen LogP contribution >= 0.6 is 15.9 Å². The minimum absolute atomic E-state index is 0.0138. The third-order valence-electron chi connectivity index (χ3n) is 4.12. The van der Waals surface area contributed by atoms with Crippen LogP contribution in [-0.2, 0) is 9.53 Å². The molecule has 1 saturated heterocycles. The van der Waals surface area contributed by atoms with Crippen molar-refractivity contribution in [1.82, 2.24) is 0 Å². The Bertz CT molecular complexity index is 397. The lowest BCUT2D eigenvalue weighted by atomic mass is 9.68. The molecule has 0 amide bonds. The molecule has 1 heterocycles. The van der Waals surface area contributed by atoms with E-state index in [0.29, 0.717) is 12.3 Å². The molecule has 3 heteroatoms. The van der Waals surface area contributed by atoms with Gasteiger partial charge in [0.15, 0.2) is 5.78 Å². The zero-order chi connectivity index (χ0) is 13.3. The number of carbonyl (C=O) groups is 1. The molecular weight excluding hydrogens is 292 g/mol. The molecule has 0 aromatic heterocycles. The van der Waals surface area contributed by atoms with Gasteiger partial charge in [-0.05, 0) is 36.1 Å². The van der Waals surface area contributed by atoms with Gasteiger partial charge >= 0.3 is 0 Å². The summed E-state index contributed by atoms with van der Waals surface area (Å²) >= 11 is 3.46. The molecule has 0 radical (unpaired) electrons. The SMILES string of the molecule is C=C(Br)C[C@]12CCC(=O)C=C1O[C@H](C(C)C)CC2. The topological polar surface area (TPSA) is 26.3 Å². The number of hydrogen-bond acceptors (Lipinski definition) is 2. The quantitative estimate of drug-likeness (QED) is 0.774. The molecule has 2 aliphatic rings. The third kappa shape index (κ3) is 2.71. The van der Waals surface area contributed by atoms with Gasteiger partial charge in [-0.1, -0.05) is 36.4 Å². The van der Waals surface area contributed by atoms with E-state index in [4.69, 9.17) is 4.74 Å². The predicted molar refractivity (Wildman–Crippen MR) is 76.4 cm³/mol. The summed E-state index contributed by atoms with van der Waals surface area (Å²) in [5.41, 5.74) is 0.0138. The minimum atomic E-state index is 0.0138. The second-order valence-electron chi connectivity index (χ2n) is 5.89. The van der Waals surface area contributed by atoms with Crippen LogP contribution in [0.5, 0.6) is 0 Å². The Morgan fingerprint density at radius 2 is 2.33 bits per heavy atom. The van der Waals surface area contributed by atoms with Gasteiger partial charge in [0.2, 0.25) is 0 Å². The standard InChI is InChI=1S/C15H21BrO2/c1-10(2)13-5-7-15(9-11(3)16)6-4-12(17)8-14(15)18-13/h8,10,13H,3-7,9H2,1-2H3/t13-,15+/m0/s1. The number of ketones is 1. The highest BCUT2D eigenvalue weighted by Crippen LogP contribution is 2.51. The van der Waals surface area contributed by atoms with Gasteiger partial charge in [0.1, 0.15) is 11.9 Å². The zero-order valence-electron chi connectivity index (χ0n) is 11.2. The first-order valence-corrected chi connectivity index (χ1v) is 7.47. The zero-order valence-corrected chi connectivity index (χ0v) is 12.8. The highest BCUT2D eigenvalue weighted by Gasteiger charge is 2.44. The van der Waals surface area contributed by atoms with Crippen LogP contribution in [0.1, 0.15) is 46.0 Å². The van der Waals surface area contributed by atoms with Crippen LogP contribution < -0.4 is 0 Å². The highest BCUT2D eigenvalue weighted by molar-refractivity contribution is 9.11. The van der Waals surface area contributed by atoms with E-state index in [2.05, 4.69) is 36.4 Å². The molecule has 1 fully saturated rings. The molecule has 0 aromatic carbocycles. The average molecular weight is 313 g/mol. The first-order valence-electron chi connectivity index (χ1n) is 6.68. The van der Waals surface area contributed by atoms with Crippen molar-refractivity contribution in [3.05, 3.63) is 22.9 Å². The van der Waals surface area contributed by atoms with Crippen LogP contribution in [-0.4, -0.2) is 11.9 Å². The molecule has 2 rings (SSSR count). The summed E-state index contributed by atoms with van der Waals surface area (Å²) in [7, 11) is 0. The molecule has 0 saturated carbocycles. The molecule has 0 N–H and O–H groups in total. The second-order valence-corrected chi connectivity index (χ2v) is 7.01. The number of ether oxygens (including phenoxy) is 1. The fraction of sp³-hybridized carbons (Fsp3) is 0.667. The molecule has 18 heavy (non-hydrogen) atoms. The van der Waals surface area contributed by atoms with Gasteiger partial charge in [0, 0.05) is 17.9 Å². The van der Waals surface area contributed by atoms with E-state index in [1.807, 2.05) is 0 Å². The molecular formula is C15H21BrO2. The predicted octanol–water partition coefficient (Wildman–Crippen LogP) is 4.35. The molecule has 1 aliphatic carbocycles. The maximum atomic E-state index is 11.6. The summed E-state index contributed by atoms with van der Waals surface area (Å²) in [6, 6.07) is 0. The van der Waals surface area contributed by atoms with E-state index in [1.54, 1.807) is 6.08 Å². The van der Waals surface area contributed by atoms with Crippen molar-refractivity contribution < 1.29 is 9.53 Å². The molecule has 100 valence electrons. The normalized spacial score (nSPS) is 31.7. The van der Waals surface area contributed by atoms with Gasteiger partial charge in [-0.3, -0.25) is 4.79 Å². The number of halogens is 1. The van der Waals surface area contributed by atoms with Gasteiger partial charge < -0.3 is 4.74 Å².